The molecule has 0 N–H and O–H groups in total. The van der Waals surface area contributed by atoms with Gasteiger partial charge in [0.1, 0.15) is 5.82 Å². The number of hydrogen-bond acceptors (Lipinski definition) is 1. The summed E-state index contributed by atoms with van der Waals surface area (Å²) in [5, 5.41) is 1.10. The first-order chi connectivity index (χ1) is 10.7. The summed E-state index contributed by atoms with van der Waals surface area (Å²) in [6.45, 7) is 3.04. The fourth-order valence-corrected chi connectivity index (χ4v) is 2.78. The largest absolute Gasteiger partial charge is 0.324 e. The molecule has 0 aliphatic carbocycles. The lowest BCUT2D eigenvalue weighted by Crippen LogP contribution is -1.99. The Morgan fingerprint density at radius 3 is 2.50 bits per heavy atom. The molecule has 0 aliphatic rings. The van der Waals surface area contributed by atoms with Gasteiger partial charge in [-0.2, -0.15) is 0 Å². The Bertz CT molecular complexity index is 820. The Hall–Kier alpha value is -1.77. The minimum absolute atomic E-state index is 0.536. The Kier molecular flexibility index (Phi) is 4.51. The molecule has 1 aromatic heterocycles. The summed E-state index contributed by atoms with van der Waals surface area (Å²) < 4.78 is 2.18. The van der Waals surface area contributed by atoms with Gasteiger partial charge in [-0.1, -0.05) is 66.5 Å². The number of benzene rings is 2. The molecule has 0 fully saturated rings. The maximum atomic E-state index is 6.15. The van der Waals surface area contributed by atoms with Crippen LogP contribution in [0.5, 0.6) is 0 Å². The quantitative estimate of drug-likeness (QED) is 0.580. The summed E-state index contributed by atoms with van der Waals surface area (Å²) in [6.07, 6.45) is 5.13. The van der Waals surface area contributed by atoms with E-state index in [1.54, 1.807) is 0 Å². The van der Waals surface area contributed by atoms with Gasteiger partial charge in [0.15, 0.2) is 0 Å². The van der Waals surface area contributed by atoms with Crippen molar-refractivity contribution in [1.82, 2.24) is 9.55 Å². The van der Waals surface area contributed by atoms with Crippen LogP contribution in [-0.4, -0.2) is 9.55 Å². The third kappa shape index (κ3) is 3.03. The molecule has 1 heterocycles. The molecule has 3 aromatic rings. The van der Waals surface area contributed by atoms with E-state index >= 15 is 0 Å². The van der Waals surface area contributed by atoms with Gasteiger partial charge >= 0.3 is 0 Å². The normalized spacial score (nSPS) is 11.6. The zero-order valence-electron chi connectivity index (χ0n) is 12.3. The molecule has 0 aliphatic heterocycles. The number of fused-ring (bicyclic) bond motifs is 1. The first-order valence-corrected chi connectivity index (χ1v) is 8.03. The molecular weight excluding hydrogens is 315 g/mol. The van der Waals surface area contributed by atoms with Crippen LogP contribution in [0.15, 0.2) is 42.5 Å². The lowest BCUT2D eigenvalue weighted by molar-refractivity contribution is 0.691. The Morgan fingerprint density at radius 2 is 1.77 bits per heavy atom. The van der Waals surface area contributed by atoms with Gasteiger partial charge in [0, 0.05) is 6.54 Å². The first-order valence-electron chi connectivity index (χ1n) is 7.27. The predicted molar refractivity (Wildman–Crippen MR) is 95.4 cm³/mol. The van der Waals surface area contributed by atoms with Crippen molar-refractivity contribution < 1.29 is 0 Å². The zero-order valence-corrected chi connectivity index (χ0v) is 13.8. The van der Waals surface area contributed by atoms with Crippen LogP contribution in [0, 0.1) is 0 Å². The van der Waals surface area contributed by atoms with Crippen LogP contribution in [-0.2, 0) is 6.54 Å². The van der Waals surface area contributed by atoms with Gasteiger partial charge in [0.2, 0.25) is 0 Å². The van der Waals surface area contributed by atoms with E-state index in [9.17, 15) is 0 Å². The molecule has 0 atom stereocenters. The Morgan fingerprint density at radius 1 is 1.05 bits per heavy atom. The topological polar surface area (TPSA) is 17.8 Å². The van der Waals surface area contributed by atoms with Gasteiger partial charge in [-0.15, -0.1) is 0 Å². The maximum absolute atomic E-state index is 6.15. The van der Waals surface area contributed by atoms with Crippen molar-refractivity contribution in [2.75, 3.05) is 0 Å². The van der Waals surface area contributed by atoms with Crippen LogP contribution in [0.3, 0.4) is 0 Å². The number of aryl methyl sites for hydroxylation is 1. The average Bonchev–Trinajstić information content (AvgIpc) is 2.84. The third-order valence-corrected chi connectivity index (χ3v) is 4.21. The van der Waals surface area contributed by atoms with Gasteiger partial charge in [-0.05, 0) is 30.2 Å². The van der Waals surface area contributed by atoms with Crippen LogP contribution < -0.4 is 0 Å². The second kappa shape index (κ2) is 6.55. The van der Waals surface area contributed by atoms with Gasteiger partial charge in [0.05, 0.1) is 21.1 Å². The van der Waals surface area contributed by atoms with E-state index in [4.69, 9.17) is 23.2 Å². The van der Waals surface area contributed by atoms with Crippen LogP contribution in [0.4, 0.5) is 0 Å². The van der Waals surface area contributed by atoms with E-state index in [0.29, 0.717) is 10.0 Å². The highest BCUT2D eigenvalue weighted by Crippen LogP contribution is 2.29. The fraction of sp³-hybridized carbons (Fsp3) is 0.167. The molecular formula is C18H16Cl2N2. The number of hydrogen-bond donors (Lipinski definition) is 0. The predicted octanol–water partition coefficient (Wildman–Crippen LogP) is 5.92. The van der Waals surface area contributed by atoms with Crippen molar-refractivity contribution in [1.29, 1.82) is 0 Å². The van der Waals surface area contributed by atoms with E-state index in [1.807, 2.05) is 36.4 Å². The summed E-state index contributed by atoms with van der Waals surface area (Å²) in [5.41, 5.74) is 3.04. The van der Waals surface area contributed by atoms with E-state index in [1.165, 1.54) is 0 Å². The second-order valence-corrected chi connectivity index (χ2v) is 5.94. The van der Waals surface area contributed by atoms with Gasteiger partial charge < -0.3 is 4.57 Å². The summed E-state index contributed by atoms with van der Waals surface area (Å²) in [5.74, 6) is 0.916. The molecule has 2 aromatic carbocycles. The van der Waals surface area contributed by atoms with Crippen molar-refractivity contribution in [3.8, 4) is 0 Å². The van der Waals surface area contributed by atoms with Crippen LogP contribution in [0.25, 0.3) is 23.2 Å². The molecule has 4 heteroatoms. The minimum Gasteiger partial charge on any atom is -0.324 e. The van der Waals surface area contributed by atoms with Gasteiger partial charge in [-0.25, -0.2) is 4.98 Å². The monoisotopic (exact) mass is 330 g/mol. The van der Waals surface area contributed by atoms with Gasteiger partial charge in [0.25, 0.3) is 0 Å². The van der Waals surface area contributed by atoms with Crippen LogP contribution in [0.1, 0.15) is 24.7 Å². The smallest absolute Gasteiger partial charge is 0.133 e. The molecule has 0 saturated heterocycles. The number of imidazole rings is 1. The minimum atomic E-state index is 0.536. The van der Waals surface area contributed by atoms with Crippen molar-refractivity contribution in [3.05, 3.63) is 63.9 Å². The fourth-order valence-electron chi connectivity index (χ4n) is 2.46. The summed E-state index contributed by atoms with van der Waals surface area (Å²) >= 11 is 12.3. The highest BCUT2D eigenvalue weighted by atomic mass is 35.5. The van der Waals surface area contributed by atoms with Crippen LogP contribution >= 0.6 is 23.2 Å². The van der Waals surface area contributed by atoms with Crippen molar-refractivity contribution in [2.24, 2.45) is 0 Å². The summed E-state index contributed by atoms with van der Waals surface area (Å²) in [7, 11) is 0. The molecule has 0 spiro atoms. The van der Waals surface area contributed by atoms with Crippen molar-refractivity contribution in [3.63, 3.8) is 0 Å². The highest BCUT2D eigenvalue weighted by Gasteiger charge is 2.10. The summed E-state index contributed by atoms with van der Waals surface area (Å²) in [4.78, 5) is 4.68. The lowest BCUT2D eigenvalue weighted by atomic mass is 10.2. The van der Waals surface area contributed by atoms with Crippen molar-refractivity contribution >= 4 is 46.4 Å². The Balaban J connectivity index is 2.08. The molecule has 112 valence electrons. The van der Waals surface area contributed by atoms with Crippen LogP contribution in [0.2, 0.25) is 10.0 Å². The molecule has 0 radical (unpaired) electrons. The molecule has 0 bridgehead atoms. The number of rotatable bonds is 4. The number of nitrogens with zero attached hydrogens (tertiary/aromatic N) is 2. The number of aromatic nitrogens is 2. The molecule has 0 saturated carbocycles. The molecule has 2 nitrogen and oxygen atoms in total. The standard InChI is InChI=1S/C18H16Cl2N2/c1-2-10-22-17-12-15(20)14(19)11-16(17)21-18(22)9-8-13-6-4-3-5-7-13/h3-9,11-12H,2,10H2,1H3/b9-8+. The SMILES string of the molecule is CCCn1c(/C=C/c2ccccc2)nc2cc(Cl)c(Cl)cc21. The van der Waals surface area contributed by atoms with Crippen molar-refractivity contribution in [2.45, 2.75) is 19.9 Å². The second-order valence-electron chi connectivity index (χ2n) is 5.12. The van der Waals surface area contributed by atoms with Gasteiger partial charge in [-0.3, -0.25) is 0 Å². The zero-order chi connectivity index (χ0) is 15.5. The highest BCUT2D eigenvalue weighted by molar-refractivity contribution is 6.42. The number of halogens is 2. The molecule has 0 amide bonds. The maximum Gasteiger partial charge on any atom is 0.133 e. The van der Waals surface area contributed by atoms with E-state index in [0.717, 1.165) is 35.4 Å². The van der Waals surface area contributed by atoms with E-state index in [2.05, 4.69) is 34.7 Å². The average molecular weight is 331 g/mol. The molecule has 22 heavy (non-hydrogen) atoms. The summed E-state index contributed by atoms with van der Waals surface area (Å²) in [6, 6.07) is 13.9. The van der Waals surface area contributed by atoms with E-state index in [-0.39, 0.29) is 0 Å². The Labute approximate surface area is 140 Å². The third-order valence-electron chi connectivity index (χ3n) is 3.49. The first kappa shape index (κ1) is 15.1. The molecule has 0 unspecified atom stereocenters. The van der Waals surface area contributed by atoms with E-state index < -0.39 is 0 Å². The lowest BCUT2D eigenvalue weighted by Gasteiger charge is -2.05. The molecule has 3 rings (SSSR count).